The molecule has 45 heteroatoms. The summed E-state index contributed by atoms with van der Waals surface area (Å²) in [6.45, 7) is 11.4. The van der Waals surface area contributed by atoms with Crippen molar-refractivity contribution in [2.75, 3.05) is 66.2 Å². The van der Waals surface area contributed by atoms with Crippen molar-refractivity contribution in [3.8, 4) is 16.9 Å². The fraction of sp³-hybridized carbons (Fsp3) is 0.529. The monoisotopic (exact) mass is 2080 g/mol. The number of aliphatic hydroxyl groups excluding tert-OH is 1. The number of nitrogens with one attached hydrogen (secondary N) is 14. The number of aliphatic carboxylic acids is 2. The van der Waals surface area contributed by atoms with E-state index in [0.29, 0.717) is 67.0 Å². The number of carbonyl (C=O) groups is 19. The molecule has 2 aliphatic rings. The van der Waals surface area contributed by atoms with Crippen LogP contribution in [0.15, 0.2) is 133 Å². The first-order valence-corrected chi connectivity index (χ1v) is 50.3. The summed E-state index contributed by atoms with van der Waals surface area (Å²) in [5, 5.41) is 78.0. The van der Waals surface area contributed by atoms with E-state index in [1.165, 1.54) is 59.0 Å². The van der Waals surface area contributed by atoms with Gasteiger partial charge in [-0.15, -0.1) is 0 Å². The average Bonchev–Trinajstić information content (AvgIpc) is 0.797. The van der Waals surface area contributed by atoms with Gasteiger partial charge in [-0.3, -0.25) is 91.2 Å². The molecule has 1 saturated heterocycles. The van der Waals surface area contributed by atoms with Crippen molar-refractivity contribution in [3.05, 3.63) is 161 Å². The zero-order valence-corrected chi connectivity index (χ0v) is 85.9. The molecule has 45 nitrogen and oxygen atoms in total. The molecule has 0 bridgehead atoms. The number of hydrogen-bond acceptors (Lipinski definition) is 26. The quantitative estimate of drug-likeness (QED) is 0.0206. The molecule has 149 heavy (non-hydrogen) atoms. The molecule has 15 atom stereocenters. The minimum atomic E-state index is -2.12. The number of primary amides is 2. The summed E-state index contributed by atoms with van der Waals surface area (Å²) in [4.78, 5) is 272. The van der Waals surface area contributed by atoms with Gasteiger partial charge in [-0.2, -0.15) is 0 Å². The largest absolute Gasteiger partial charge is 0.482 e. The van der Waals surface area contributed by atoms with Crippen LogP contribution in [-0.2, 0) is 122 Å². The van der Waals surface area contributed by atoms with Gasteiger partial charge < -0.3 is 132 Å². The third-order valence-corrected chi connectivity index (χ3v) is 25.6. The van der Waals surface area contributed by atoms with Crippen LogP contribution < -0.4 is 102 Å². The normalized spacial score (nSPS) is 15.7. The first-order valence-electron chi connectivity index (χ1n) is 50.3. The summed E-state index contributed by atoms with van der Waals surface area (Å²) in [6.07, 6.45) is -0.0520. The highest BCUT2D eigenvalue weighted by atomic mass is 16.5. The number of aryl methyl sites for hydroxylation is 2. The van der Waals surface area contributed by atoms with Crippen molar-refractivity contribution >= 4 is 112 Å². The van der Waals surface area contributed by atoms with Crippen LogP contribution in [0.25, 0.3) is 11.1 Å². The SMILES string of the molecule is CCC(=O)NC(CN1CCOCC1)C(=O)NC(Cc1ccc(OCC(=O)O)cc1)C(=O)N[C@@H](CC(=O)O)C(=O)NC(Cc1cccc(C)c1)C(=O)NC(CCc1ccccc1)C(=O)NC(Cc1ccc(-c2ccccc2)cc1)C(=O)NC(CCC(N)=O)C(=O)N(C)[C@@H](C)C(=O)N[C@H](CC(C)C)C(=O)N[C@@H](CCN)C(=O)NC(CC1CCCCC1)C(=O)NC(C(=O)NC(CO)C(=O)N[C@@H](CC)C(=O)NC(CCN)C(N)=O)C(C)(C)O. The van der Waals surface area contributed by atoms with Crippen molar-refractivity contribution < 1.29 is 121 Å². The lowest BCUT2D eigenvalue weighted by atomic mass is 9.84. The number of hydrogen-bond donors (Lipinski definition) is 22. The van der Waals surface area contributed by atoms with E-state index in [2.05, 4.69) is 74.4 Å². The average molecular weight is 2080 g/mol. The Morgan fingerprint density at radius 2 is 0.913 bits per heavy atom. The van der Waals surface area contributed by atoms with Crippen molar-refractivity contribution in [3.63, 3.8) is 0 Å². The van der Waals surface area contributed by atoms with E-state index >= 15 is 24.0 Å². The van der Waals surface area contributed by atoms with Gasteiger partial charge in [-0.1, -0.05) is 187 Å². The summed E-state index contributed by atoms with van der Waals surface area (Å²) in [6, 6.07) is 13.6. The maximum atomic E-state index is 15.7. The zero-order chi connectivity index (χ0) is 110. The first kappa shape index (κ1) is 122. The van der Waals surface area contributed by atoms with E-state index < -0.39 is 241 Å². The van der Waals surface area contributed by atoms with E-state index in [-0.39, 0.29) is 108 Å². The maximum absolute atomic E-state index is 15.7. The molecular weight excluding hydrogens is 1930 g/mol. The number of rotatable bonds is 62. The Kier molecular flexibility index (Phi) is 50.1. The summed E-state index contributed by atoms with van der Waals surface area (Å²) >= 11 is 0. The van der Waals surface area contributed by atoms with E-state index in [9.17, 15) is 87.5 Å². The molecule has 26 N–H and O–H groups in total. The fourth-order valence-corrected chi connectivity index (χ4v) is 17.0. The van der Waals surface area contributed by atoms with Crippen LogP contribution in [0.4, 0.5) is 0 Å². The Labute approximate surface area is 866 Å². The van der Waals surface area contributed by atoms with Crippen LogP contribution in [0.2, 0.25) is 0 Å². The maximum Gasteiger partial charge on any atom is 0.341 e. The number of aliphatic hydroxyl groups is 2. The highest BCUT2D eigenvalue weighted by Crippen LogP contribution is 2.29. The number of benzene rings is 5. The van der Waals surface area contributed by atoms with E-state index in [1.807, 2.05) is 35.2 Å². The molecule has 1 aliphatic carbocycles. The topological polar surface area (TPSA) is 703 Å². The van der Waals surface area contributed by atoms with Crippen molar-refractivity contribution in [1.82, 2.24) is 84.2 Å². The molecule has 1 saturated carbocycles. The Morgan fingerprint density at radius 3 is 1.44 bits per heavy atom. The summed E-state index contributed by atoms with van der Waals surface area (Å²) < 4.78 is 10.8. The summed E-state index contributed by atoms with van der Waals surface area (Å²) in [7, 11) is 1.21. The molecule has 5 aromatic carbocycles. The lowest BCUT2D eigenvalue weighted by Crippen LogP contribution is -2.64. The first-order chi connectivity index (χ1) is 70.8. The van der Waals surface area contributed by atoms with Gasteiger partial charge in [0, 0.05) is 58.8 Å². The molecule has 2 fully saturated rings. The van der Waals surface area contributed by atoms with Gasteiger partial charge >= 0.3 is 11.9 Å². The Balaban J connectivity index is 1.16. The number of likely N-dealkylation sites (N-methyl/N-ethyl adjacent to an activating group) is 1. The Morgan fingerprint density at radius 1 is 0.463 bits per heavy atom. The lowest BCUT2D eigenvalue weighted by molar-refractivity contribution is -0.143. The number of morpholine rings is 1. The predicted octanol–water partition coefficient (Wildman–Crippen LogP) is -1.72. The molecule has 7 rings (SSSR count). The van der Waals surface area contributed by atoms with Crippen LogP contribution in [0.5, 0.6) is 5.75 Å². The second-order valence-corrected chi connectivity index (χ2v) is 38.5. The van der Waals surface area contributed by atoms with Crippen LogP contribution >= 0.6 is 0 Å². The van der Waals surface area contributed by atoms with Gasteiger partial charge in [0.25, 0.3) is 0 Å². The third kappa shape index (κ3) is 41.3. The summed E-state index contributed by atoms with van der Waals surface area (Å²) in [5.41, 5.74) is 24.9. The Hall–Kier alpha value is -14.4. The number of ether oxygens (including phenoxy) is 2. The van der Waals surface area contributed by atoms with E-state index in [1.54, 1.807) is 107 Å². The second-order valence-electron chi connectivity index (χ2n) is 38.5. The Bertz CT molecular complexity index is 5340. The number of carboxylic acids is 2. The van der Waals surface area contributed by atoms with Crippen LogP contribution in [0, 0.1) is 18.8 Å². The highest BCUT2D eigenvalue weighted by Gasteiger charge is 2.43. The standard InChI is InChI=1S/C104H148N20O25/c1-10-71(91(134)111-72(42-44-105)89(108)132)110-101(144)83(58-125)121-102(145)88(104(7,8)147)122-99(142)79(52-64-25-17-13-18-26-64)117-93(136)74(43-45-106)113-94(137)76(50-60(3)4)115-90(133)62(6)123(9)103(146)75(40-41-84(107)126)114-96(139)77(53-65-30-35-69(36-31-65)68-28-19-14-20-29-68)116-92(135)73(39-34-63-23-15-12-16-24-63)112-95(138)80(55-67-27-21-22-61(5)51-67)118-98(141)81(56-86(128)129)120-97(140)78(54-66-32-37-70(38-33-66)149-59-87(130)131)119-100(143)82(109-85(127)11-2)57-124-46-48-148-49-47-124/h12,14-16,19-24,27-33,35-38,51,60,62,64,71-83,88,125,147H,10-11,13,17-18,25-26,34,39-50,52-59,105-106H2,1-9H3,(H2,107,126)(H2,108,132)(H,109,127)(H,110,144)(H,111,134)(H,112,138)(H,113,137)(H,114,139)(H,115,133)(H,116,135)(H,117,136)(H,118,141)(H,119,143)(H,120,140)(H,121,145)(H,122,142)(H,128,129)(H,130,131)/t62-,71-,72?,73?,74-,75?,76+,77?,78?,79?,80?,81-,82?,83?,88?/m0/s1. The molecular formula is C104H148N20O25. The van der Waals surface area contributed by atoms with Crippen LogP contribution in [0.1, 0.15) is 173 Å². The minimum absolute atomic E-state index is 0.0108. The number of nitrogens with two attached hydrogens (primary N) is 4. The number of carboxylic acid groups (broad SMARTS) is 2. The zero-order valence-electron chi connectivity index (χ0n) is 85.9. The fourth-order valence-electron chi connectivity index (χ4n) is 17.0. The molecule has 17 amide bonds. The second kappa shape index (κ2) is 61.4. The molecule has 1 aliphatic heterocycles. The number of amides is 17. The molecule has 0 radical (unpaired) electrons. The van der Waals surface area contributed by atoms with Gasteiger partial charge in [-0.25, -0.2) is 4.79 Å². The number of carbonyl (C=O) groups excluding carboxylic acids is 17. The third-order valence-electron chi connectivity index (χ3n) is 25.6. The van der Waals surface area contributed by atoms with Gasteiger partial charge in [0.05, 0.1) is 31.8 Å². The van der Waals surface area contributed by atoms with Gasteiger partial charge in [-0.05, 0) is 150 Å². The molecule has 0 spiro atoms. The highest BCUT2D eigenvalue weighted by molar-refractivity contribution is 6.02. The predicted molar refractivity (Wildman–Crippen MR) is 547 cm³/mol. The van der Waals surface area contributed by atoms with Gasteiger partial charge in [0.1, 0.15) is 96.4 Å². The van der Waals surface area contributed by atoms with E-state index in [0.717, 1.165) is 35.3 Å². The van der Waals surface area contributed by atoms with E-state index in [4.69, 9.17) is 32.4 Å². The van der Waals surface area contributed by atoms with Gasteiger partial charge in [0.2, 0.25) is 100 Å². The molecule has 0 aromatic heterocycles. The van der Waals surface area contributed by atoms with Crippen molar-refractivity contribution in [2.24, 2.45) is 34.8 Å². The molecule has 5 aromatic rings. The molecule has 1 heterocycles. The molecule has 10 unspecified atom stereocenters. The minimum Gasteiger partial charge on any atom is -0.482 e. The molecule has 814 valence electrons. The van der Waals surface area contributed by atoms with Crippen molar-refractivity contribution in [2.45, 2.75) is 274 Å². The lowest BCUT2D eigenvalue weighted by Gasteiger charge is -2.33. The van der Waals surface area contributed by atoms with Crippen LogP contribution in [0.3, 0.4) is 0 Å². The summed E-state index contributed by atoms with van der Waals surface area (Å²) in [5.74, 6) is -19.7. The number of nitrogens with zero attached hydrogens (tertiary/aromatic N) is 2. The van der Waals surface area contributed by atoms with Crippen LogP contribution in [-0.4, -0.2) is 305 Å². The van der Waals surface area contributed by atoms with Crippen molar-refractivity contribution in [1.29, 1.82) is 0 Å². The smallest absolute Gasteiger partial charge is 0.341 e. The van der Waals surface area contributed by atoms with Gasteiger partial charge in [0.15, 0.2) is 6.61 Å².